The molecule has 3 aromatic carbocycles. The number of nitrogens with zero attached hydrogens (tertiary/aromatic N) is 1. The molecule has 0 unspecified atom stereocenters. The monoisotopic (exact) mass is 549 g/mol. The quantitative estimate of drug-likeness (QED) is 0.263. The number of carbonyl (C=O) groups is 2. The van der Waals surface area contributed by atoms with E-state index in [2.05, 4.69) is 0 Å². The Balaban J connectivity index is 1.59. The van der Waals surface area contributed by atoms with Gasteiger partial charge < -0.3 is 8.92 Å². The smallest absolute Gasteiger partial charge is 0.339 e. The number of ether oxygens (including phenoxy) is 1. The second kappa shape index (κ2) is 10.3. The zero-order valence-corrected chi connectivity index (χ0v) is 21.2. The standard InChI is InChI=1S/C24H17Cl2NO6S2/c1-32-20-10-8-15(12-21(20)33-35(30,31)17-5-3-2-4-6-17)13-22-23(28)27(24(29)34-22)14-16-7-9-18(25)19(26)11-16/h2-13H,14H2,1H3/b22-13-. The Hall–Kier alpha value is -2.98. The van der Waals surface area contributed by atoms with Crippen molar-refractivity contribution in [3.05, 3.63) is 92.8 Å². The van der Waals surface area contributed by atoms with E-state index < -0.39 is 21.3 Å². The van der Waals surface area contributed by atoms with Gasteiger partial charge in [0.2, 0.25) is 0 Å². The van der Waals surface area contributed by atoms with Gasteiger partial charge in [0.1, 0.15) is 4.90 Å². The Labute approximate surface area is 216 Å². The maximum Gasteiger partial charge on any atom is 0.339 e. The van der Waals surface area contributed by atoms with Crippen LogP contribution in [0, 0.1) is 0 Å². The van der Waals surface area contributed by atoms with E-state index >= 15 is 0 Å². The largest absolute Gasteiger partial charge is 0.493 e. The van der Waals surface area contributed by atoms with Crippen LogP contribution in [0.2, 0.25) is 10.0 Å². The highest BCUT2D eigenvalue weighted by atomic mass is 35.5. The molecule has 3 aromatic rings. The van der Waals surface area contributed by atoms with Crippen LogP contribution in [0.25, 0.3) is 6.08 Å². The second-order valence-electron chi connectivity index (χ2n) is 7.28. The molecule has 7 nitrogen and oxygen atoms in total. The number of methoxy groups -OCH3 is 1. The van der Waals surface area contributed by atoms with Crippen molar-refractivity contribution in [3.63, 3.8) is 0 Å². The van der Waals surface area contributed by atoms with E-state index in [1.165, 1.54) is 37.5 Å². The summed E-state index contributed by atoms with van der Waals surface area (Å²) in [5.41, 5.74) is 1.10. The van der Waals surface area contributed by atoms with E-state index in [0.717, 1.165) is 16.7 Å². The molecule has 0 bridgehead atoms. The van der Waals surface area contributed by atoms with Gasteiger partial charge in [-0.1, -0.05) is 53.5 Å². The fraction of sp³-hybridized carbons (Fsp3) is 0.0833. The molecule has 1 heterocycles. The number of halogens is 2. The summed E-state index contributed by atoms with van der Waals surface area (Å²) in [5, 5.41) is 0.253. The molecule has 35 heavy (non-hydrogen) atoms. The SMILES string of the molecule is COc1ccc(/C=C2\SC(=O)N(Cc3ccc(Cl)c(Cl)c3)C2=O)cc1OS(=O)(=O)c1ccccc1. The van der Waals surface area contributed by atoms with Gasteiger partial charge in [-0.05, 0) is 65.4 Å². The van der Waals surface area contributed by atoms with Gasteiger partial charge in [0.15, 0.2) is 11.5 Å². The van der Waals surface area contributed by atoms with Crippen molar-refractivity contribution in [1.29, 1.82) is 0 Å². The molecule has 1 aliphatic heterocycles. The molecule has 0 saturated carbocycles. The van der Waals surface area contributed by atoms with Crippen molar-refractivity contribution in [2.45, 2.75) is 11.4 Å². The fourth-order valence-electron chi connectivity index (χ4n) is 3.21. The van der Waals surface area contributed by atoms with Gasteiger partial charge in [-0.2, -0.15) is 8.42 Å². The molecular formula is C24H17Cl2NO6S2. The van der Waals surface area contributed by atoms with Crippen LogP contribution in [0.1, 0.15) is 11.1 Å². The van der Waals surface area contributed by atoms with Gasteiger partial charge in [0.05, 0.1) is 28.6 Å². The number of hydrogen-bond donors (Lipinski definition) is 0. The van der Waals surface area contributed by atoms with Crippen LogP contribution in [-0.2, 0) is 21.5 Å². The van der Waals surface area contributed by atoms with E-state index in [0.29, 0.717) is 21.2 Å². The number of carbonyl (C=O) groups excluding carboxylic acids is 2. The first kappa shape index (κ1) is 25.1. The molecule has 1 saturated heterocycles. The van der Waals surface area contributed by atoms with Gasteiger partial charge >= 0.3 is 10.1 Å². The Morgan fingerprint density at radius 3 is 2.37 bits per heavy atom. The summed E-state index contributed by atoms with van der Waals surface area (Å²) in [7, 11) is -2.73. The molecule has 0 spiro atoms. The highest BCUT2D eigenvalue weighted by Gasteiger charge is 2.35. The minimum atomic E-state index is -4.11. The molecule has 11 heteroatoms. The van der Waals surface area contributed by atoms with Crippen molar-refractivity contribution >= 4 is 62.3 Å². The summed E-state index contributed by atoms with van der Waals surface area (Å²) < 4.78 is 35.9. The van der Waals surface area contributed by atoms with E-state index in [9.17, 15) is 18.0 Å². The highest BCUT2D eigenvalue weighted by Crippen LogP contribution is 2.36. The van der Waals surface area contributed by atoms with Crippen LogP contribution in [-0.4, -0.2) is 31.6 Å². The second-order valence-corrected chi connectivity index (χ2v) is 10.6. The van der Waals surface area contributed by atoms with Crippen LogP contribution in [0.5, 0.6) is 11.5 Å². The first-order chi connectivity index (χ1) is 16.7. The summed E-state index contributed by atoms with van der Waals surface area (Å²) in [6.45, 7) is 0.0329. The van der Waals surface area contributed by atoms with Crippen molar-refractivity contribution in [2.75, 3.05) is 7.11 Å². The van der Waals surface area contributed by atoms with Crippen LogP contribution in [0.3, 0.4) is 0 Å². The molecule has 0 aliphatic carbocycles. The summed E-state index contributed by atoms with van der Waals surface area (Å²) in [5.74, 6) is -0.351. The van der Waals surface area contributed by atoms with Gasteiger partial charge in [-0.3, -0.25) is 14.5 Å². The van der Waals surface area contributed by atoms with Crippen LogP contribution in [0.4, 0.5) is 4.79 Å². The first-order valence-electron chi connectivity index (χ1n) is 10.0. The molecule has 0 aromatic heterocycles. The molecule has 2 amide bonds. The maximum atomic E-state index is 12.9. The van der Waals surface area contributed by atoms with Gasteiger partial charge in [0.25, 0.3) is 11.1 Å². The van der Waals surface area contributed by atoms with Crippen molar-refractivity contribution < 1.29 is 26.9 Å². The first-order valence-corrected chi connectivity index (χ1v) is 13.0. The van der Waals surface area contributed by atoms with Crippen LogP contribution in [0.15, 0.2) is 76.5 Å². The summed E-state index contributed by atoms with van der Waals surface area (Å²) in [4.78, 5) is 26.7. The zero-order valence-electron chi connectivity index (χ0n) is 18.1. The van der Waals surface area contributed by atoms with Crippen molar-refractivity contribution in [3.8, 4) is 11.5 Å². The predicted octanol–water partition coefficient (Wildman–Crippen LogP) is 6.01. The van der Waals surface area contributed by atoms with Gasteiger partial charge in [-0.25, -0.2) is 0 Å². The summed E-state index contributed by atoms with van der Waals surface area (Å²) in [6, 6.07) is 17.1. The lowest BCUT2D eigenvalue weighted by Gasteiger charge is -2.13. The third-order valence-electron chi connectivity index (χ3n) is 4.92. The number of thioether (sulfide) groups is 1. The molecule has 0 N–H and O–H groups in total. The third-order valence-corrected chi connectivity index (χ3v) is 7.81. The minimum Gasteiger partial charge on any atom is -0.493 e. The van der Waals surface area contributed by atoms with Crippen LogP contribution < -0.4 is 8.92 Å². The lowest BCUT2D eigenvalue weighted by atomic mass is 10.1. The molecule has 1 aliphatic rings. The highest BCUT2D eigenvalue weighted by molar-refractivity contribution is 8.18. The average Bonchev–Trinajstić information content (AvgIpc) is 3.09. The minimum absolute atomic E-state index is 0.0177. The van der Waals surface area contributed by atoms with Gasteiger partial charge in [-0.15, -0.1) is 0 Å². The number of rotatable bonds is 7. The summed E-state index contributed by atoms with van der Waals surface area (Å²) in [6.07, 6.45) is 1.49. The molecule has 1 fully saturated rings. The predicted molar refractivity (Wildman–Crippen MR) is 135 cm³/mol. The molecule has 0 atom stereocenters. The number of benzene rings is 3. The number of hydrogen-bond acceptors (Lipinski definition) is 7. The van der Waals surface area contributed by atoms with E-state index in [4.69, 9.17) is 32.1 Å². The fourth-order valence-corrected chi connectivity index (χ4v) is 5.32. The topological polar surface area (TPSA) is 90.0 Å². The Bertz CT molecular complexity index is 1440. The third kappa shape index (κ3) is 5.65. The molecule has 4 rings (SSSR count). The Morgan fingerprint density at radius 1 is 0.943 bits per heavy atom. The van der Waals surface area contributed by atoms with E-state index in [1.807, 2.05) is 0 Å². The lowest BCUT2D eigenvalue weighted by Crippen LogP contribution is -2.27. The lowest BCUT2D eigenvalue weighted by molar-refractivity contribution is -0.123. The van der Waals surface area contributed by atoms with Crippen molar-refractivity contribution in [2.24, 2.45) is 0 Å². The molecule has 180 valence electrons. The molecule has 0 radical (unpaired) electrons. The maximum absolute atomic E-state index is 12.9. The van der Waals surface area contributed by atoms with E-state index in [-0.39, 0.29) is 27.8 Å². The van der Waals surface area contributed by atoms with Gasteiger partial charge in [0, 0.05) is 0 Å². The van der Waals surface area contributed by atoms with Crippen LogP contribution >= 0.6 is 35.0 Å². The van der Waals surface area contributed by atoms with E-state index in [1.54, 1.807) is 42.5 Å². The normalized spacial score (nSPS) is 15.1. The average molecular weight is 550 g/mol. The number of amides is 2. The molecular weight excluding hydrogens is 533 g/mol. The number of imide groups is 1. The Morgan fingerprint density at radius 2 is 1.69 bits per heavy atom. The Kier molecular flexibility index (Phi) is 7.42. The summed E-state index contributed by atoms with van der Waals surface area (Å²) >= 11 is 12.7. The van der Waals surface area contributed by atoms with Crippen molar-refractivity contribution in [1.82, 2.24) is 4.90 Å². The zero-order chi connectivity index (χ0) is 25.2.